The number of sulfone groups is 1. The fourth-order valence-corrected chi connectivity index (χ4v) is 6.13. The van der Waals surface area contributed by atoms with Gasteiger partial charge in [0.25, 0.3) is 5.91 Å². The predicted octanol–water partition coefficient (Wildman–Crippen LogP) is 3.70. The van der Waals surface area contributed by atoms with Crippen molar-refractivity contribution in [3.8, 4) is 11.3 Å². The molecule has 2 aromatic carbocycles. The lowest BCUT2D eigenvalue weighted by atomic mass is 10.1. The topological polar surface area (TPSA) is 93.9 Å². The van der Waals surface area contributed by atoms with Crippen molar-refractivity contribution in [3.05, 3.63) is 83.8 Å². The maximum atomic E-state index is 13.2. The number of hydrogen-bond donors (Lipinski definition) is 1. The highest BCUT2D eigenvalue weighted by atomic mass is 32.2. The van der Waals surface area contributed by atoms with Crippen LogP contribution in [0.25, 0.3) is 22.3 Å². The molecule has 3 heterocycles. The number of imidazole rings is 1. The number of nitrogens with zero attached hydrogens (tertiary/aromatic N) is 3. The maximum absolute atomic E-state index is 13.2. The summed E-state index contributed by atoms with van der Waals surface area (Å²) in [6, 6.07) is 21.0. The van der Waals surface area contributed by atoms with Crippen molar-refractivity contribution >= 4 is 26.8 Å². The number of fused-ring (bicyclic) bond motifs is 1. The molecule has 33 heavy (non-hydrogen) atoms. The summed E-state index contributed by atoms with van der Waals surface area (Å²) in [6.45, 7) is 2.22. The van der Waals surface area contributed by atoms with Gasteiger partial charge in [-0.1, -0.05) is 60.7 Å². The van der Waals surface area contributed by atoms with E-state index < -0.39 is 9.84 Å². The number of benzene rings is 2. The van der Waals surface area contributed by atoms with E-state index >= 15 is 0 Å². The smallest absolute Gasteiger partial charge is 0.272 e. The Morgan fingerprint density at radius 2 is 1.76 bits per heavy atom. The first kappa shape index (κ1) is 21.3. The molecule has 8 heteroatoms. The van der Waals surface area contributed by atoms with Gasteiger partial charge in [-0.2, -0.15) is 0 Å². The third-order valence-corrected chi connectivity index (χ3v) is 7.76. The van der Waals surface area contributed by atoms with Crippen LogP contribution in [0.1, 0.15) is 34.3 Å². The van der Waals surface area contributed by atoms with E-state index in [1.165, 1.54) is 0 Å². The minimum Gasteiger partial charge on any atom is -0.347 e. The number of pyridine rings is 1. The highest BCUT2D eigenvalue weighted by Gasteiger charge is 2.32. The predicted molar refractivity (Wildman–Crippen MR) is 128 cm³/mol. The van der Waals surface area contributed by atoms with Crippen LogP contribution in [-0.4, -0.2) is 40.4 Å². The molecule has 1 N–H and O–H groups in total. The normalized spacial score (nSPS) is 17.3. The molecule has 0 radical (unpaired) electrons. The third kappa shape index (κ3) is 4.26. The zero-order valence-electron chi connectivity index (χ0n) is 18.2. The number of aryl methyl sites for hydroxylation is 1. The Kier molecular flexibility index (Phi) is 5.46. The number of carbonyl (C=O) groups excluding carboxylic acids is 1. The Hall–Kier alpha value is -3.52. The zero-order valence-corrected chi connectivity index (χ0v) is 19.0. The van der Waals surface area contributed by atoms with Crippen LogP contribution >= 0.6 is 0 Å². The summed E-state index contributed by atoms with van der Waals surface area (Å²) < 4.78 is 26.3. The van der Waals surface area contributed by atoms with Crippen LogP contribution in [0.3, 0.4) is 0 Å². The second-order valence-electron chi connectivity index (χ2n) is 8.34. The van der Waals surface area contributed by atoms with Gasteiger partial charge >= 0.3 is 0 Å². The van der Waals surface area contributed by atoms with Gasteiger partial charge in [0.05, 0.1) is 28.8 Å². The Bertz CT molecular complexity index is 1430. The number of rotatable bonds is 5. The molecule has 0 aliphatic carbocycles. The summed E-state index contributed by atoms with van der Waals surface area (Å²) >= 11 is 0. The second-order valence-corrected chi connectivity index (χ2v) is 10.6. The van der Waals surface area contributed by atoms with E-state index in [-0.39, 0.29) is 29.1 Å². The maximum Gasteiger partial charge on any atom is 0.272 e. The Morgan fingerprint density at radius 1 is 1.06 bits per heavy atom. The van der Waals surface area contributed by atoms with Gasteiger partial charge in [-0.25, -0.2) is 18.4 Å². The molecule has 5 rings (SSSR count). The van der Waals surface area contributed by atoms with E-state index in [9.17, 15) is 13.2 Å². The first-order valence-corrected chi connectivity index (χ1v) is 12.7. The van der Waals surface area contributed by atoms with Crippen LogP contribution in [0.4, 0.5) is 0 Å². The van der Waals surface area contributed by atoms with Crippen LogP contribution < -0.4 is 5.32 Å². The van der Waals surface area contributed by atoms with Gasteiger partial charge in [0, 0.05) is 12.1 Å². The average molecular weight is 461 g/mol. The molecular formula is C25H24N4O3S. The first-order chi connectivity index (χ1) is 15.9. The fraction of sp³-hybridized carbons (Fsp3) is 0.240. The van der Waals surface area contributed by atoms with Gasteiger partial charge in [-0.05, 0) is 25.0 Å². The van der Waals surface area contributed by atoms with Gasteiger partial charge in [-0.15, -0.1) is 0 Å². The van der Waals surface area contributed by atoms with Crippen molar-refractivity contribution < 1.29 is 13.2 Å². The largest absolute Gasteiger partial charge is 0.347 e. The molecule has 1 saturated heterocycles. The first-order valence-electron chi connectivity index (χ1n) is 10.9. The zero-order chi connectivity index (χ0) is 23.0. The summed E-state index contributed by atoms with van der Waals surface area (Å²) in [6.07, 6.45) is 0.535. The number of aromatic nitrogens is 3. The van der Waals surface area contributed by atoms with E-state index in [2.05, 4.69) is 15.3 Å². The van der Waals surface area contributed by atoms with Crippen molar-refractivity contribution in [3.63, 3.8) is 0 Å². The fourth-order valence-electron chi connectivity index (χ4n) is 4.43. The minimum atomic E-state index is -3.08. The van der Waals surface area contributed by atoms with E-state index in [0.29, 0.717) is 30.0 Å². The van der Waals surface area contributed by atoms with Gasteiger partial charge in [0.2, 0.25) is 0 Å². The number of amides is 1. The lowest BCUT2D eigenvalue weighted by Gasteiger charge is -2.15. The lowest BCUT2D eigenvalue weighted by molar-refractivity contribution is 0.0947. The molecule has 1 unspecified atom stereocenters. The number of carbonyl (C=O) groups is 1. The highest BCUT2D eigenvalue weighted by Crippen LogP contribution is 2.32. The summed E-state index contributed by atoms with van der Waals surface area (Å²) in [7, 11) is -3.08. The van der Waals surface area contributed by atoms with Gasteiger partial charge < -0.3 is 9.88 Å². The number of nitrogens with one attached hydrogen (secondary N) is 1. The van der Waals surface area contributed by atoms with Crippen molar-refractivity contribution in [2.24, 2.45) is 0 Å². The summed E-state index contributed by atoms with van der Waals surface area (Å²) in [5.41, 5.74) is 3.97. The molecule has 168 valence electrons. The van der Waals surface area contributed by atoms with Crippen molar-refractivity contribution in [1.82, 2.24) is 19.9 Å². The SMILES string of the molecule is Cc1nc2c(C(=O)NCc3ccccc3)nc(-c3ccccc3)cc2n1C1CCS(=O)(=O)C1. The molecule has 4 aromatic rings. The minimum absolute atomic E-state index is 0.0812. The highest BCUT2D eigenvalue weighted by molar-refractivity contribution is 7.91. The van der Waals surface area contributed by atoms with Crippen LogP contribution in [-0.2, 0) is 16.4 Å². The van der Waals surface area contributed by atoms with E-state index in [1.807, 2.05) is 78.2 Å². The van der Waals surface area contributed by atoms with E-state index in [4.69, 9.17) is 0 Å². The van der Waals surface area contributed by atoms with Gasteiger partial charge in [0.15, 0.2) is 15.5 Å². The second kappa shape index (κ2) is 8.44. The molecular weight excluding hydrogens is 436 g/mol. The van der Waals surface area contributed by atoms with Crippen LogP contribution in [0.5, 0.6) is 0 Å². The van der Waals surface area contributed by atoms with Gasteiger partial charge in [0.1, 0.15) is 11.3 Å². The van der Waals surface area contributed by atoms with Crippen molar-refractivity contribution in [2.45, 2.75) is 25.9 Å². The van der Waals surface area contributed by atoms with Gasteiger partial charge in [-0.3, -0.25) is 4.79 Å². The average Bonchev–Trinajstić information content (AvgIpc) is 3.35. The summed E-state index contributed by atoms with van der Waals surface area (Å²) in [5, 5.41) is 2.95. The van der Waals surface area contributed by atoms with E-state index in [1.54, 1.807) is 0 Å². The van der Waals surface area contributed by atoms with Crippen LogP contribution in [0, 0.1) is 6.92 Å². The van der Waals surface area contributed by atoms with E-state index in [0.717, 1.165) is 16.6 Å². The molecule has 1 aliphatic heterocycles. The van der Waals surface area contributed by atoms with Crippen LogP contribution in [0.2, 0.25) is 0 Å². The molecule has 1 fully saturated rings. The molecule has 0 saturated carbocycles. The monoisotopic (exact) mass is 460 g/mol. The Morgan fingerprint density at radius 3 is 2.42 bits per heavy atom. The molecule has 0 spiro atoms. The molecule has 1 atom stereocenters. The third-order valence-electron chi connectivity index (χ3n) is 6.01. The standard InChI is InChI=1S/C25H24N4O3S/c1-17-27-23-22(29(17)20-12-13-33(31,32)16-20)14-21(19-10-6-3-7-11-19)28-24(23)25(30)26-15-18-8-4-2-5-9-18/h2-11,14,20H,12-13,15-16H2,1H3,(H,26,30). The lowest BCUT2D eigenvalue weighted by Crippen LogP contribution is -2.24. The van der Waals surface area contributed by atoms with Crippen molar-refractivity contribution in [2.75, 3.05) is 11.5 Å². The van der Waals surface area contributed by atoms with Crippen LogP contribution in [0.15, 0.2) is 66.7 Å². The number of hydrogen-bond acceptors (Lipinski definition) is 5. The molecule has 0 bridgehead atoms. The van der Waals surface area contributed by atoms with Crippen molar-refractivity contribution in [1.29, 1.82) is 0 Å². The Balaban J connectivity index is 1.61. The summed E-state index contributed by atoms with van der Waals surface area (Å²) in [4.78, 5) is 22.6. The molecule has 2 aromatic heterocycles. The molecule has 7 nitrogen and oxygen atoms in total. The quantitative estimate of drug-likeness (QED) is 0.490. The summed E-state index contributed by atoms with van der Waals surface area (Å²) in [5.74, 6) is 0.608. The molecule has 1 amide bonds. The Labute approximate surface area is 192 Å². The molecule has 1 aliphatic rings.